The van der Waals surface area contributed by atoms with Gasteiger partial charge in [-0.15, -0.1) is 0 Å². The second kappa shape index (κ2) is 6.38. The first-order valence-electron chi connectivity index (χ1n) is 7.00. The fraction of sp³-hybridized carbons (Fsp3) is 0.278. The average Bonchev–Trinajstić information content (AvgIpc) is 2.42. The topological polar surface area (TPSA) is 29.1 Å². The van der Waals surface area contributed by atoms with Crippen LogP contribution in [0.1, 0.15) is 30.9 Å². The third-order valence-electron chi connectivity index (χ3n) is 3.43. The highest BCUT2D eigenvalue weighted by atomic mass is 16.1. The Hall–Kier alpha value is -2.09. The average molecular weight is 267 g/mol. The predicted molar refractivity (Wildman–Crippen MR) is 83.8 cm³/mol. The zero-order valence-electron chi connectivity index (χ0n) is 12.3. The monoisotopic (exact) mass is 267 g/mol. The summed E-state index contributed by atoms with van der Waals surface area (Å²) in [6.07, 6.45) is 0. The van der Waals surface area contributed by atoms with E-state index in [9.17, 15) is 4.79 Å². The quantitative estimate of drug-likeness (QED) is 0.875. The van der Waals surface area contributed by atoms with Crippen molar-refractivity contribution in [3.05, 3.63) is 65.7 Å². The number of carbonyl (C=O) groups excluding carboxylic acids is 1. The van der Waals surface area contributed by atoms with Crippen LogP contribution in [0.5, 0.6) is 0 Å². The summed E-state index contributed by atoms with van der Waals surface area (Å²) < 4.78 is 0. The Morgan fingerprint density at radius 2 is 1.55 bits per heavy atom. The first-order chi connectivity index (χ1) is 9.58. The molecule has 1 amide bonds. The molecule has 0 bridgehead atoms. The number of nitrogens with one attached hydrogen (secondary N) is 1. The van der Waals surface area contributed by atoms with Gasteiger partial charge in [-0.3, -0.25) is 4.79 Å². The predicted octanol–water partition coefficient (Wildman–Crippen LogP) is 4.37. The standard InChI is InChI=1S/C18H21NO/c1-13(2)17(15-7-5-4-6-8-15)18(20)19-16-11-9-14(3)10-12-16/h4-13,17H,1-3H3,(H,19,20). The molecule has 2 aromatic rings. The Bertz CT molecular complexity index is 558. The van der Waals surface area contributed by atoms with Gasteiger partial charge >= 0.3 is 0 Å². The van der Waals surface area contributed by atoms with Crippen LogP contribution in [-0.4, -0.2) is 5.91 Å². The Kier molecular flexibility index (Phi) is 4.57. The number of anilines is 1. The highest BCUT2D eigenvalue weighted by molar-refractivity contribution is 5.96. The first-order valence-corrected chi connectivity index (χ1v) is 7.00. The van der Waals surface area contributed by atoms with Gasteiger partial charge in [-0.05, 0) is 30.5 Å². The van der Waals surface area contributed by atoms with E-state index in [1.54, 1.807) is 0 Å². The second-order valence-electron chi connectivity index (χ2n) is 5.49. The van der Waals surface area contributed by atoms with E-state index in [1.165, 1.54) is 5.56 Å². The number of hydrogen-bond acceptors (Lipinski definition) is 1. The van der Waals surface area contributed by atoms with Gasteiger partial charge in [0.15, 0.2) is 0 Å². The van der Waals surface area contributed by atoms with E-state index in [0.717, 1.165) is 11.3 Å². The van der Waals surface area contributed by atoms with Gasteiger partial charge in [0.1, 0.15) is 0 Å². The van der Waals surface area contributed by atoms with Crippen molar-refractivity contribution in [3.63, 3.8) is 0 Å². The van der Waals surface area contributed by atoms with E-state index in [0.29, 0.717) is 0 Å². The normalized spacial score (nSPS) is 12.2. The fourth-order valence-electron chi connectivity index (χ4n) is 2.36. The Labute approximate surface area is 120 Å². The zero-order chi connectivity index (χ0) is 14.5. The van der Waals surface area contributed by atoms with Crippen LogP contribution in [0.25, 0.3) is 0 Å². The molecule has 1 unspecified atom stereocenters. The van der Waals surface area contributed by atoms with E-state index in [2.05, 4.69) is 19.2 Å². The summed E-state index contributed by atoms with van der Waals surface area (Å²) >= 11 is 0. The molecule has 0 radical (unpaired) electrons. The van der Waals surface area contributed by atoms with Gasteiger partial charge in [-0.2, -0.15) is 0 Å². The highest BCUT2D eigenvalue weighted by Gasteiger charge is 2.23. The largest absolute Gasteiger partial charge is 0.326 e. The second-order valence-corrected chi connectivity index (χ2v) is 5.49. The number of rotatable bonds is 4. The van der Waals surface area contributed by atoms with Crippen LogP contribution in [-0.2, 0) is 4.79 Å². The number of hydrogen-bond donors (Lipinski definition) is 1. The van der Waals surface area contributed by atoms with Gasteiger partial charge in [0.25, 0.3) is 0 Å². The Morgan fingerprint density at radius 3 is 2.10 bits per heavy atom. The number of amides is 1. The smallest absolute Gasteiger partial charge is 0.232 e. The van der Waals surface area contributed by atoms with Crippen LogP contribution in [0.15, 0.2) is 54.6 Å². The third-order valence-corrected chi connectivity index (χ3v) is 3.43. The van der Waals surface area contributed by atoms with Gasteiger partial charge in [0.2, 0.25) is 5.91 Å². The maximum Gasteiger partial charge on any atom is 0.232 e. The molecule has 0 aromatic heterocycles. The molecule has 0 spiro atoms. The molecule has 0 aliphatic rings. The molecule has 1 atom stereocenters. The van der Waals surface area contributed by atoms with Crippen molar-refractivity contribution < 1.29 is 4.79 Å². The van der Waals surface area contributed by atoms with Gasteiger partial charge in [-0.25, -0.2) is 0 Å². The summed E-state index contributed by atoms with van der Waals surface area (Å²) in [5.74, 6) is 0.176. The van der Waals surface area contributed by atoms with Crippen LogP contribution in [0, 0.1) is 12.8 Å². The van der Waals surface area contributed by atoms with E-state index in [1.807, 2.05) is 61.5 Å². The summed E-state index contributed by atoms with van der Waals surface area (Å²) in [6.45, 7) is 6.19. The van der Waals surface area contributed by atoms with Crippen molar-refractivity contribution in [3.8, 4) is 0 Å². The minimum atomic E-state index is -0.127. The van der Waals surface area contributed by atoms with Crippen molar-refractivity contribution in [2.45, 2.75) is 26.7 Å². The van der Waals surface area contributed by atoms with Crippen LogP contribution in [0.3, 0.4) is 0 Å². The van der Waals surface area contributed by atoms with Crippen molar-refractivity contribution in [2.24, 2.45) is 5.92 Å². The van der Waals surface area contributed by atoms with Crippen LogP contribution in [0.4, 0.5) is 5.69 Å². The lowest BCUT2D eigenvalue weighted by molar-refractivity contribution is -0.118. The molecular formula is C18H21NO. The van der Waals surface area contributed by atoms with E-state index in [-0.39, 0.29) is 17.7 Å². The maximum atomic E-state index is 12.5. The molecule has 0 saturated carbocycles. The molecule has 0 aliphatic carbocycles. The van der Waals surface area contributed by atoms with Crippen molar-refractivity contribution >= 4 is 11.6 Å². The molecule has 2 rings (SSSR count). The molecule has 0 fully saturated rings. The molecule has 20 heavy (non-hydrogen) atoms. The molecule has 0 saturated heterocycles. The Morgan fingerprint density at radius 1 is 0.950 bits per heavy atom. The number of aryl methyl sites for hydroxylation is 1. The molecule has 2 heteroatoms. The fourth-order valence-corrected chi connectivity index (χ4v) is 2.36. The van der Waals surface area contributed by atoms with Crippen molar-refractivity contribution in [2.75, 3.05) is 5.32 Å². The summed E-state index contributed by atoms with van der Waals surface area (Å²) in [6, 6.07) is 17.8. The highest BCUT2D eigenvalue weighted by Crippen LogP contribution is 2.26. The van der Waals surface area contributed by atoms with Gasteiger partial charge in [0, 0.05) is 5.69 Å². The molecule has 0 aliphatic heterocycles. The summed E-state index contributed by atoms with van der Waals surface area (Å²) in [5, 5.41) is 3.01. The lowest BCUT2D eigenvalue weighted by Gasteiger charge is -2.20. The maximum absolute atomic E-state index is 12.5. The summed E-state index contributed by atoms with van der Waals surface area (Å²) in [4.78, 5) is 12.5. The first kappa shape index (κ1) is 14.3. The molecular weight excluding hydrogens is 246 g/mol. The summed E-state index contributed by atoms with van der Waals surface area (Å²) in [7, 11) is 0. The molecule has 2 aromatic carbocycles. The number of carbonyl (C=O) groups is 1. The Balaban J connectivity index is 2.18. The van der Waals surface area contributed by atoms with Gasteiger partial charge < -0.3 is 5.32 Å². The lowest BCUT2D eigenvalue weighted by atomic mass is 9.87. The van der Waals surface area contributed by atoms with Crippen LogP contribution < -0.4 is 5.32 Å². The minimum Gasteiger partial charge on any atom is -0.326 e. The molecule has 104 valence electrons. The number of benzene rings is 2. The van der Waals surface area contributed by atoms with Crippen LogP contribution >= 0.6 is 0 Å². The third kappa shape index (κ3) is 3.47. The lowest BCUT2D eigenvalue weighted by Crippen LogP contribution is -2.25. The molecule has 0 heterocycles. The van der Waals surface area contributed by atoms with E-state index >= 15 is 0 Å². The van der Waals surface area contributed by atoms with E-state index < -0.39 is 0 Å². The van der Waals surface area contributed by atoms with Crippen molar-refractivity contribution in [1.82, 2.24) is 0 Å². The molecule has 2 nitrogen and oxygen atoms in total. The van der Waals surface area contributed by atoms with Gasteiger partial charge in [0.05, 0.1) is 5.92 Å². The van der Waals surface area contributed by atoms with Gasteiger partial charge in [-0.1, -0.05) is 61.9 Å². The summed E-state index contributed by atoms with van der Waals surface area (Å²) in [5.41, 5.74) is 3.10. The zero-order valence-corrected chi connectivity index (χ0v) is 12.3. The SMILES string of the molecule is Cc1ccc(NC(=O)C(c2ccccc2)C(C)C)cc1. The van der Waals surface area contributed by atoms with Crippen LogP contribution in [0.2, 0.25) is 0 Å². The van der Waals surface area contributed by atoms with E-state index in [4.69, 9.17) is 0 Å². The minimum absolute atomic E-state index is 0.0510. The van der Waals surface area contributed by atoms with Crippen molar-refractivity contribution in [1.29, 1.82) is 0 Å². The molecule has 1 N–H and O–H groups in total.